The Morgan fingerprint density at radius 2 is 1.94 bits per heavy atom. The van der Waals surface area contributed by atoms with Crippen molar-refractivity contribution < 1.29 is 23.8 Å². The summed E-state index contributed by atoms with van der Waals surface area (Å²) in [4.78, 5) is 26.3. The third kappa shape index (κ3) is 4.82. The van der Waals surface area contributed by atoms with Crippen LogP contribution in [0.25, 0.3) is 0 Å². The quantitative estimate of drug-likeness (QED) is 0.403. The summed E-state index contributed by atoms with van der Waals surface area (Å²) >= 11 is 7.38. The van der Waals surface area contributed by atoms with E-state index < -0.39 is 16.8 Å². The summed E-state index contributed by atoms with van der Waals surface area (Å²) in [5.74, 6) is 0.652. The summed E-state index contributed by atoms with van der Waals surface area (Å²) in [7, 11) is 4.80. The molecule has 11 heteroatoms. The molecule has 4 rings (SSSR count). The molecule has 1 aromatic carbocycles. The zero-order valence-electron chi connectivity index (χ0n) is 18.9. The number of rotatable bonds is 8. The summed E-state index contributed by atoms with van der Waals surface area (Å²) in [5, 5.41) is 11.1. The minimum absolute atomic E-state index is 0.146. The first-order chi connectivity index (χ1) is 15.9. The first kappa shape index (κ1) is 23.8. The van der Waals surface area contributed by atoms with Gasteiger partial charge >= 0.3 is 5.97 Å². The number of benzene rings is 1. The third-order valence-electron chi connectivity index (χ3n) is 6.56. The van der Waals surface area contributed by atoms with E-state index in [2.05, 4.69) is 15.5 Å². The molecule has 2 fully saturated rings. The highest BCUT2D eigenvalue weighted by atomic mass is 35.5. The molecule has 1 saturated carbocycles. The summed E-state index contributed by atoms with van der Waals surface area (Å²) in [6.07, 6.45) is 5.25. The second-order valence-corrected chi connectivity index (χ2v) is 9.97. The number of methoxy groups -OCH3 is 2. The Bertz CT molecular complexity index is 1020. The fourth-order valence-corrected chi connectivity index (χ4v) is 5.94. The van der Waals surface area contributed by atoms with Crippen LogP contribution in [0.2, 0.25) is 5.02 Å². The lowest BCUT2D eigenvalue weighted by atomic mass is 9.76. The van der Waals surface area contributed by atoms with Crippen molar-refractivity contribution in [3.05, 3.63) is 22.7 Å². The van der Waals surface area contributed by atoms with Gasteiger partial charge in [0.15, 0.2) is 11.0 Å². The molecule has 0 spiro atoms. The average Bonchev–Trinajstić information content (AvgIpc) is 3.47. The molecule has 2 unspecified atom stereocenters. The SMILES string of the molecule is COc1cc(OC)c(CCC2(C3CCCC3)CC(=O)C(Sc3nnnn3C)C(=O)O2)cc1Cl. The fraction of sp³-hybridized carbons (Fsp3) is 0.591. The topological polar surface area (TPSA) is 105 Å². The molecule has 2 aromatic rings. The zero-order valence-corrected chi connectivity index (χ0v) is 20.4. The van der Waals surface area contributed by atoms with Crippen molar-refractivity contribution in [3.63, 3.8) is 0 Å². The van der Waals surface area contributed by atoms with Gasteiger partial charge in [0.2, 0.25) is 5.16 Å². The molecule has 1 aromatic heterocycles. The number of esters is 1. The normalized spacial score (nSPS) is 23.6. The molecule has 33 heavy (non-hydrogen) atoms. The highest BCUT2D eigenvalue weighted by molar-refractivity contribution is 8.01. The van der Waals surface area contributed by atoms with E-state index in [1.165, 1.54) is 4.68 Å². The van der Waals surface area contributed by atoms with Crippen molar-refractivity contribution in [2.24, 2.45) is 13.0 Å². The molecular formula is C22H27ClN4O5S. The molecule has 2 aliphatic rings. The number of hydrogen-bond acceptors (Lipinski definition) is 9. The van der Waals surface area contributed by atoms with E-state index in [1.807, 2.05) is 6.07 Å². The van der Waals surface area contributed by atoms with Crippen molar-refractivity contribution in [2.45, 2.75) is 61.0 Å². The molecule has 2 heterocycles. The van der Waals surface area contributed by atoms with Gasteiger partial charge in [0.25, 0.3) is 0 Å². The van der Waals surface area contributed by atoms with Gasteiger partial charge in [-0.1, -0.05) is 36.2 Å². The van der Waals surface area contributed by atoms with Crippen LogP contribution in [-0.4, -0.2) is 57.0 Å². The van der Waals surface area contributed by atoms with Gasteiger partial charge in [-0.3, -0.25) is 9.59 Å². The molecule has 1 aliphatic heterocycles. The number of nitrogens with zero attached hydrogens (tertiary/aromatic N) is 4. The van der Waals surface area contributed by atoms with Crippen molar-refractivity contribution in [3.8, 4) is 11.5 Å². The van der Waals surface area contributed by atoms with Crippen LogP contribution >= 0.6 is 23.4 Å². The molecule has 0 amide bonds. The molecule has 1 aliphatic carbocycles. The summed E-state index contributed by atoms with van der Waals surface area (Å²) in [6, 6.07) is 3.56. The van der Waals surface area contributed by atoms with Crippen LogP contribution in [0.3, 0.4) is 0 Å². The predicted octanol–water partition coefficient (Wildman–Crippen LogP) is 3.42. The van der Waals surface area contributed by atoms with E-state index in [4.69, 9.17) is 25.8 Å². The van der Waals surface area contributed by atoms with Crippen molar-refractivity contribution in [1.82, 2.24) is 20.2 Å². The fourth-order valence-electron chi connectivity index (χ4n) is 4.84. The summed E-state index contributed by atoms with van der Waals surface area (Å²) in [5.41, 5.74) is 0.0444. The molecule has 1 saturated heterocycles. The molecule has 0 bridgehead atoms. The van der Waals surface area contributed by atoms with Gasteiger partial charge in [0.05, 0.1) is 19.2 Å². The van der Waals surface area contributed by atoms with Crippen LogP contribution in [0.5, 0.6) is 11.5 Å². The number of halogens is 1. The smallest absolute Gasteiger partial charge is 0.327 e. The maximum Gasteiger partial charge on any atom is 0.327 e. The largest absolute Gasteiger partial charge is 0.496 e. The summed E-state index contributed by atoms with van der Waals surface area (Å²) in [6.45, 7) is 0. The number of aryl methyl sites for hydroxylation is 2. The van der Waals surface area contributed by atoms with Gasteiger partial charge < -0.3 is 14.2 Å². The van der Waals surface area contributed by atoms with Crippen molar-refractivity contribution in [2.75, 3.05) is 14.2 Å². The van der Waals surface area contributed by atoms with Crippen LogP contribution in [0.1, 0.15) is 44.1 Å². The Hall–Kier alpha value is -2.33. The maximum absolute atomic E-state index is 13.2. The molecule has 178 valence electrons. The van der Waals surface area contributed by atoms with E-state index in [-0.39, 0.29) is 18.1 Å². The monoisotopic (exact) mass is 494 g/mol. The first-order valence-corrected chi connectivity index (χ1v) is 12.2. The Labute approximate surface area is 201 Å². The van der Waals surface area contributed by atoms with Crippen LogP contribution < -0.4 is 9.47 Å². The van der Waals surface area contributed by atoms with E-state index in [9.17, 15) is 9.59 Å². The first-order valence-electron chi connectivity index (χ1n) is 10.9. The number of Topliss-reactive ketones (excluding diaryl/α,β-unsaturated/α-hetero) is 1. The lowest BCUT2D eigenvalue weighted by Gasteiger charge is -2.42. The Morgan fingerprint density at radius 1 is 1.21 bits per heavy atom. The van der Waals surface area contributed by atoms with E-state index in [1.54, 1.807) is 27.3 Å². The van der Waals surface area contributed by atoms with Crippen LogP contribution in [-0.2, 0) is 27.8 Å². The summed E-state index contributed by atoms with van der Waals surface area (Å²) < 4.78 is 18.4. The Morgan fingerprint density at radius 3 is 2.55 bits per heavy atom. The predicted molar refractivity (Wildman–Crippen MR) is 122 cm³/mol. The van der Waals surface area contributed by atoms with E-state index >= 15 is 0 Å². The Kier molecular flexibility index (Phi) is 7.13. The average molecular weight is 495 g/mol. The Balaban J connectivity index is 1.57. The lowest BCUT2D eigenvalue weighted by molar-refractivity contribution is -0.177. The number of aromatic nitrogens is 4. The van der Waals surface area contributed by atoms with E-state index in [0.29, 0.717) is 34.5 Å². The van der Waals surface area contributed by atoms with Gasteiger partial charge in [-0.15, -0.1) is 5.10 Å². The molecular weight excluding hydrogens is 468 g/mol. The van der Waals surface area contributed by atoms with Crippen LogP contribution in [0.15, 0.2) is 17.3 Å². The lowest BCUT2D eigenvalue weighted by Crippen LogP contribution is -2.53. The third-order valence-corrected chi connectivity index (χ3v) is 8.10. The maximum atomic E-state index is 13.2. The van der Waals surface area contributed by atoms with Crippen LogP contribution in [0, 0.1) is 5.92 Å². The highest BCUT2D eigenvalue weighted by Crippen LogP contribution is 2.46. The minimum Gasteiger partial charge on any atom is -0.496 e. The number of hydrogen-bond donors (Lipinski definition) is 0. The zero-order chi connectivity index (χ0) is 23.6. The van der Waals surface area contributed by atoms with Gasteiger partial charge in [-0.05, 0) is 53.7 Å². The van der Waals surface area contributed by atoms with Crippen LogP contribution in [0.4, 0.5) is 0 Å². The molecule has 0 radical (unpaired) electrons. The van der Waals surface area contributed by atoms with E-state index in [0.717, 1.165) is 43.0 Å². The number of carbonyl (C=O) groups excluding carboxylic acids is 2. The van der Waals surface area contributed by atoms with Gasteiger partial charge in [-0.25, -0.2) is 4.68 Å². The van der Waals surface area contributed by atoms with Gasteiger partial charge in [0.1, 0.15) is 17.1 Å². The number of carbonyl (C=O) groups is 2. The highest BCUT2D eigenvalue weighted by Gasteiger charge is 2.52. The second-order valence-electron chi connectivity index (χ2n) is 8.49. The number of tetrazole rings is 1. The minimum atomic E-state index is -0.964. The van der Waals surface area contributed by atoms with Gasteiger partial charge in [-0.2, -0.15) is 0 Å². The number of cyclic esters (lactones) is 1. The second kappa shape index (κ2) is 9.89. The molecule has 2 atom stereocenters. The standard InChI is InChI=1S/C22H27ClN4O5S/c1-27-21(24-25-26-27)33-19-16(28)12-22(32-20(19)29,14-6-4-5-7-14)9-8-13-10-15(23)18(31-3)11-17(13)30-2/h10-11,14,19H,4-9,12H2,1-3H3. The number of thioether (sulfide) groups is 1. The number of ether oxygens (including phenoxy) is 3. The number of ketones is 1. The molecule has 0 N–H and O–H groups in total. The van der Waals surface area contributed by atoms with Crippen molar-refractivity contribution >= 4 is 35.1 Å². The molecule has 9 nitrogen and oxygen atoms in total. The van der Waals surface area contributed by atoms with Crippen molar-refractivity contribution in [1.29, 1.82) is 0 Å². The van der Waals surface area contributed by atoms with Gasteiger partial charge in [0, 0.05) is 19.5 Å².